The quantitative estimate of drug-likeness (QED) is 0.838. The number of rotatable bonds is 6. The van der Waals surface area contributed by atoms with Crippen LogP contribution in [-0.4, -0.2) is 11.5 Å². The number of hydrogen-bond acceptors (Lipinski definition) is 2. The average Bonchev–Trinajstić information content (AvgIpc) is 2.47. The Hall–Kier alpha value is -1.09. The van der Waals surface area contributed by atoms with E-state index in [0.717, 1.165) is 19.4 Å². The summed E-state index contributed by atoms with van der Waals surface area (Å²) in [4.78, 5) is 4.04. The van der Waals surface area contributed by atoms with E-state index >= 15 is 0 Å². The van der Waals surface area contributed by atoms with Gasteiger partial charge in [0.2, 0.25) is 0 Å². The maximum Gasteiger partial charge on any atom is 0.0595 e. The zero-order valence-electron chi connectivity index (χ0n) is 11.4. The number of pyridine rings is 1. The summed E-state index contributed by atoms with van der Waals surface area (Å²) >= 11 is 12.1. The van der Waals surface area contributed by atoms with E-state index in [1.807, 2.05) is 30.6 Å². The van der Waals surface area contributed by atoms with Gasteiger partial charge in [-0.05, 0) is 54.8 Å². The van der Waals surface area contributed by atoms with Crippen LogP contribution in [0.25, 0.3) is 0 Å². The van der Waals surface area contributed by atoms with Gasteiger partial charge in [-0.2, -0.15) is 0 Å². The Bertz CT molecular complexity index is 543. The van der Waals surface area contributed by atoms with Crippen molar-refractivity contribution >= 4 is 23.2 Å². The number of hydrogen-bond donors (Lipinski definition) is 1. The SMILES string of the molecule is CCNC(CCc1ccncc1)c1ccc(Cl)c(Cl)c1. The summed E-state index contributed by atoms with van der Waals surface area (Å²) in [7, 11) is 0. The van der Waals surface area contributed by atoms with Crippen LogP contribution in [0.4, 0.5) is 0 Å². The first-order valence-corrected chi connectivity index (χ1v) is 7.53. The van der Waals surface area contributed by atoms with Crippen LogP contribution in [-0.2, 0) is 6.42 Å². The predicted molar refractivity (Wildman–Crippen MR) is 85.4 cm³/mol. The van der Waals surface area contributed by atoms with Crippen LogP contribution < -0.4 is 5.32 Å². The van der Waals surface area contributed by atoms with E-state index in [0.29, 0.717) is 10.0 Å². The Morgan fingerprint density at radius 1 is 1.10 bits per heavy atom. The first kappa shape index (κ1) is 15.3. The van der Waals surface area contributed by atoms with Crippen LogP contribution in [0.15, 0.2) is 42.7 Å². The van der Waals surface area contributed by atoms with Crippen molar-refractivity contribution in [3.8, 4) is 0 Å². The van der Waals surface area contributed by atoms with Crippen molar-refractivity contribution in [2.45, 2.75) is 25.8 Å². The van der Waals surface area contributed by atoms with Gasteiger partial charge < -0.3 is 5.32 Å². The number of nitrogens with one attached hydrogen (secondary N) is 1. The molecule has 20 heavy (non-hydrogen) atoms. The first-order chi connectivity index (χ1) is 9.70. The lowest BCUT2D eigenvalue weighted by Crippen LogP contribution is -2.21. The molecule has 1 heterocycles. The molecule has 0 radical (unpaired) electrons. The van der Waals surface area contributed by atoms with Gasteiger partial charge in [0.05, 0.1) is 10.0 Å². The van der Waals surface area contributed by atoms with Crippen molar-refractivity contribution in [2.24, 2.45) is 0 Å². The molecule has 2 rings (SSSR count). The molecule has 106 valence electrons. The van der Waals surface area contributed by atoms with E-state index in [9.17, 15) is 0 Å². The summed E-state index contributed by atoms with van der Waals surface area (Å²) in [5.74, 6) is 0. The van der Waals surface area contributed by atoms with Gasteiger partial charge in [0.1, 0.15) is 0 Å². The topological polar surface area (TPSA) is 24.9 Å². The fraction of sp³-hybridized carbons (Fsp3) is 0.312. The second-order valence-electron chi connectivity index (χ2n) is 4.68. The third kappa shape index (κ3) is 4.20. The van der Waals surface area contributed by atoms with Crippen molar-refractivity contribution < 1.29 is 0 Å². The van der Waals surface area contributed by atoms with Crippen LogP contribution in [0.5, 0.6) is 0 Å². The maximum atomic E-state index is 6.11. The van der Waals surface area contributed by atoms with Gasteiger partial charge in [-0.1, -0.05) is 36.2 Å². The molecule has 1 atom stereocenters. The summed E-state index contributed by atoms with van der Waals surface area (Å²) in [5, 5.41) is 4.70. The molecule has 0 saturated heterocycles. The van der Waals surface area contributed by atoms with Crippen LogP contribution in [0.2, 0.25) is 10.0 Å². The molecule has 2 aromatic rings. The van der Waals surface area contributed by atoms with Gasteiger partial charge >= 0.3 is 0 Å². The van der Waals surface area contributed by atoms with Gasteiger partial charge in [-0.15, -0.1) is 0 Å². The second-order valence-corrected chi connectivity index (χ2v) is 5.49. The van der Waals surface area contributed by atoms with E-state index < -0.39 is 0 Å². The Morgan fingerprint density at radius 2 is 1.85 bits per heavy atom. The number of nitrogens with zero attached hydrogens (tertiary/aromatic N) is 1. The van der Waals surface area contributed by atoms with Gasteiger partial charge in [0.15, 0.2) is 0 Å². The molecule has 4 heteroatoms. The standard InChI is InChI=1S/C16H18Cl2N2/c1-2-20-16(6-3-12-7-9-19-10-8-12)13-4-5-14(17)15(18)11-13/h4-5,7-11,16,20H,2-3,6H2,1H3. The molecule has 0 aliphatic carbocycles. The molecule has 0 amide bonds. The highest BCUT2D eigenvalue weighted by Gasteiger charge is 2.12. The highest BCUT2D eigenvalue weighted by atomic mass is 35.5. The number of halogens is 2. The van der Waals surface area contributed by atoms with Crippen molar-refractivity contribution in [1.29, 1.82) is 0 Å². The summed E-state index contributed by atoms with van der Waals surface area (Å²) in [5.41, 5.74) is 2.47. The van der Waals surface area contributed by atoms with E-state index in [1.54, 1.807) is 0 Å². The largest absolute Gasteiger partial charge is 0.310 e. The Kier molecular flexibility index (Phi) is 5.84. The third-order valence-corrected chi connectivity index (χ3v) is 4.01. The molecule has 1 aromatic carbocycles. The molecule has 0 fully saturated rings. The predicted octanol–water partition coefficient (Wildman–Crippen LogP) is 4.67. The highest BCUT2D eigenvalue weighted by Crippen LogP contribution is 2.27. The molecule has 0 bridgehead atoms. The fourth-order valence-corrected chi connectivity index (χ4v) is 2.53. The molecule has 0 saturated carbocycles. The minimum absolute atomic E-state index is 0.280. The smallest absolute Gasteiger partial charge is 0.0595 e. The van der Waals surface area contributed by atoms with E-state index in [-0.39, 0.29) is 6.04 Å². The lowest BCUT2D eigenvalue weighted by molar-refractivity contribution is 0.515. The average molecular weight is 309 g/mol. The zero-order chi connectivity index (χ0) is 14.4. The minimum Gasteiger partial charge on any atom is -0.310 e. The molecule has 0 spiro atoms. The van der Waals surface area contributed by atoms with Gasteiger partial charge in [-0.3, -0.25) is 4.98 Å². The molecular formula is C16H18Cl2N2. The molecule has 1 aromatic heterocycles. The fourth-order valence-electron chi connectivity index (χ4n) is 2.22. The summed E-state index contributed by atoms with van der Waals surface area (Å²) in [6.45, 7) is 3.03. The van der Waals surface area contributed by atoms with Crippen molar-refractivity contribution in [1.82, 2.24) is 10.3 Å². The highest BCUT2D eigenvalue weighted by molar-refractivity contribution is 6.42. The Morgan fingerprint density at radius 3 is 2.50 bits per heavy atom. The molecule has 1 unspecified atom stereocenters. The Labute approximate surface area is 130 Å². The van der Waals surface area contributed by atoms with Crippen molar-refractivity contribution in [3.05, 3.63) is 63.9 Å². The first-order valence-electron chi connectivity index (χ1n) is 6.78. The lowest BCUT2D eigenvalue weighted by Gasteiger charge is -2.19. The van der Waals surface area contributed by atoms with Crippen LogP contribution >= 0.6 is 23.2 Å². The van der Waals surface area contributed by atoms with Gasteiger partial charge in [0.25, 0.3) is 0 Å². The van der Waals surface area contributed by atoms with Crippen molar-refractivity contribution in [3.63, 3.8) is 0 Å². The molecule has 0 aliphatic rings. The van der Waals surface area contributed by atoms with E-state index in [4.69, 9.17) is 23.2 Å². The van der Waals surface area contributed by atoms with E-state index in [1.165, 1.54) is 11.1 Å². The number of aryl methyl sites for hydroxylation is 1. The molecular weight excluding hydrogens is 291 g/mol. The molecule has 0 aliphatic heterocycles. The minimum atomic E-state index is 0.280. The number of aromatic nitrogens is 1. The van der Waals surface area contributed by atoms with Crippen molar-refractivity contribution in [2.75, 3.05) is 6.54 Å². The Balaban J connectivity index is 2.08. The molecule has 2 nitrogen and oxygen atoms in total. The maximum absolute atomic E-state index is 6.11. The lowest BCUT2D eigenvalue weighted by atomic mass is 9.99. The monoisotopic (exact) mass is 308 g/mol. The van der Waals surface area contributed by atoms with Crippen LogP contribution in [0.3, 0.4) is 0 Å². The van der Waals surface area contributed by atoms with Gasteiger partial charge in [-0.25, -0.2) is 0 Å². The van der Waals surface area contributed by atoms with Crippen LogP contribution in [0, 0.1) is 0 Å². The van der Waals surface area contributed by atoms with E-state index in [2.05, 4.69) is 29.4 Å². The number of benzene rings is 1. The zero-order valence-corrected chi connectivity index (χ0v) is 13.0. The summed E-state index contributed by atoms with van der Waals surface area (Å²) < 4.78 is 0. The van der Waals surface area contributed by atoms with Gasteiger partial charge in [0, 0.05) is 18.4 Å². The second kappa shape index (κ2) is 7.63. The summed E-state index contributed by atoms with van der Waals surface area (Å²) in [6, 6.07) is 10.2. The molecule has 1 N–H and O–H groups in total. The normalized spacial score (nSPS) is 12.3. The summed E-state index contributed by atoms with van der Waals surface area (Å²) in [6.07, 6.45) is 5.67. The third-order valence-electron chi connectivity index (χ3n) is 3.27. The van der Waals surface area contributed by atoms with Crippen LogP contribution in [0.1, 0.15) is 30.5 Å².